The Morgan fingerprint density at radius 3 is 2.54 bits per heavy atom. The van der Waals surface area contributed by atoms with E-state index in [0.29, 0.717) is 23.6 Å². The van der Waals surface area contributed by atoms with Crippen LogP contribution in [0.5, 0.6) is 0 Å². The van der Waals surface area contributed by atoms with E-state index in [4.69, 9.17) is 10.5 Å². The highest BCUT2D eigenvalue weighted by atomic mass is 19.1. The van der Waals surface area contributed by atoms with Crippen molar-refractivity contribution in [2.45, 2.75) is 49.9 Å². The number of benzene rings is 1. The zero-order valence-corrected chi connectivity index (χ0v) is 21.5. The molecule has 1 aromatic carbocycles. The number of ether oxygens (including phenoxy) is 1. The number of hydrogen-bond acceptors (Lipinski definition) is 7. The van der Waals surface area contributed by atoms with Crippen molar-refractivity contribution in [1.82, 2.24) is 19.6 Å². The van der Waals surface area contributed by atoms with Gasteiger partial charge < -0.3 is 20.9 Å². The number of rotatable bonds is 5. The van der Waals surface area contributed by atoms with Gasteiger partial charge in [-0.25, -0.2) is 18.2 Å². The zero-order valence-electron chi connectivity index (χ0n) is 21.5. The average molecular weight is 539 g/mol. The maximum atomic E-state index is 15.1. The molecule has 3 aromatic heterocycles. The number of halogens is 3. The highest BCUT2D eigenvalue weighted by molar-refractivity contribution is 5.66. The lowest BCUT2D eigenvalue weighted by Crippen LogP contribution is -2.54. The molecule has 4 aromatic rings. The molecule has 1 saturated heterocycles. The van der Waals surface area contributed by atoms with Gasteiger partial charge in [0.1, 0.15) is 11.6 Å². The van der Waals surface area contributed by atoms with Crippen molar-refractivity contribution >= 4 is 17.2 Å². The standard InChI is InChI=1S/C28H29F3N6O2/c1-15-7-16(8-24(32)27(15,2)38)19-5-6-33-12-23(19)35-26-34-11-18-3-4-22(36-37(18)26)25-20(29)9-17(10-21(25)30)28(31)13-39-14-28/h3-6,9-12,15-16,24,38H,7-8,13-14,32H2,1-2H3,(H,34,35). The van der Waals surface area contributed by atoms with E-state index < -0.39 is 22.9 Å². The van der Waals surface area contributed by atoms with Crippen LogP contribution in [0.15, 0.2) is 48.9 Å². The fraction of sp³-hybridized carbons (Fsp3) is 0.393. The van der Waals surface area contributed by atoms with Crippen LogP contribution in [-0.4, -0.2) is 49.5 Å². The quantitative estimate of drug-likeness (QED) is 0.341. The molecule has 2 aliphatic rings. The van der Waals surface area contributed by atoms with Gasteiger partial charge in [0.2, 0.25) is 5.95 Å². The maximum absolute atomic E-state index is 15.1. The molecule has 1 aliphatic carbocycles. The summed E-state index contributed by atoms with van der Waals surface area (Å²) < 4.78 is 51.2. The van der Waals surface area contributed by atoms with Gasteiger partial charge in [-0.2, -0.15) is 9.61 Å². The van der Waals surface area contributed by atoms with Gasteiger partial charge in [0.15, 0.2) is 5.67 Å². The van der Waals surface area contributed by atoms with Gasteiger partial charge in [-0.05, 0) is 73.1 Å². The number of aliphatic hydroxyl groups is 1. The molecule has 1 aliphatic heterocycles. The number of fused-ring (bicyclic) bond motifs is 1. The number of hydrogen-bond donors (Lipinski definition) is 3. The first kappa shape index (κ1) is 25.7. The van der Waals surface area contributed by atoms with Crippen LogP contribution in [0.1, 0.15) is 43.7 Å². The Labute approximate surface area is 223 Å². The van der Waals surface area contributed by atoms with E-state index in [9.17, 15) is 9.50 Å². The smallest absolute Gasteiger partial charge is 0.229 e. The number of nitrogens with two attached hydrogens (primary N) is 1. The van der Waals surface area contributed by atoms with Crippen LogP contribution < -0.4 is 11.1 Å². The van der Waals surface area contributed by atoms with E-state index >= 15 is 8.78 Å². The Morgan fingerprint density at radius 1 is 1.13 bits per heavy atom. The fourth-order valence-corrected chi connectivity index (χ4v) is 5.54. The van der Waals surface area contributed by atoms with E-state index in [1.54, 1.807) is 31.6 Å². The Kier molecular flexibility index (Phi) is 6.12. The molecule has 8 nitrogen and oxygen atoms in total. The van der Waals surface area contributed by atoms with Gasteiger partial charge >= 0.3 is 0 Å². The van der Waals surface area contributed by atoms with E-state index in [2.05, 4.69) is 20.4 Å². The summed E-state index contributed by atoms with van der Waals surface area (Å²) in [5.41, 5.74) is 5.34. The predicted octanol–water partition coefficient (Wildman–Crippen LogP) is 4.60. The van der Waals surface area contributed by atoms with Crippen LogP contribution in [0.25, 0.3) is 16.8 Å². The first-order chi connectivity index (χ1) is 18.6. The summed E-state index contributed by atoms with van der Waals surface area (Å²) in [6.07, 6.45) is 6.31. The minimum absolute atomic E-state index is 0.0102. The molecule has 0 spiro atoms. The topological polar surface area (TPSA) is 111 Å². The Morgan fingerprint density at radius 2 is 1.87 bits per heavy atom. The number of nitrogens with zero attached hydrogens (tertiary/aromatic N) is 4. The van der Waals surface area contributed by atoms with Crippen LogP contribution in [0.2, 0.25) is 0 Å². The molecular formula is C28H29F3N6O2. The Bertz CT molecular complexity index is 1520. The average Bonchev–Trinajstić information content (AvgIpc) is 3.27. The summed E-state index contributed by atoms with van der Waals surface area (Å²) in [6.45, 7) is 3.30. The summed E-state index contributed by atoms with van der Waals surface area (Å²) in [5.74, 6) is -1.43. The Hall–Kier alpha value is -3.54. The van der Waals surface area contributed by atoms with E-state index in [-0.39, 0.29) is 47.9 Å². The number of aromatic nitrogens is 4. The second-order valence-electron chi connectivity index (χ2n) is 10.9. The molecule has 6 rings (SSSR count). The van der Waals surface area contributed by atoms with Crippen molar-refractivity contribution in [3.63, 3.8) is 0 Å². The molecule has 0 bridgehead atoms. The third-order valence-corrected chi connectivity index (χ3v) is 8.33. The Balaban J connectivity index is 1.33. The molecule has 4 atom stereocenters. The SMILES string of the molecule is CC1CC(c2ccncc2Nc2ncc3ccc(-c4c(F)cc(C5(F)COC5)cc4F)nn23)CC(N)C1(C)O. The van der Waals surface area contributed by atoms with E-state index in [1.165, 1.54) is 10.6 Å². The van der Waals surface area contributed by atoms with Crippen LogP contribution in [0, 0.1) is 17.6 Å². The monoisotopic (exact) mass is 538 g/mol. The molecule has 11 heteroatoms. The molecule has 0 amide bonds. The van der Waals surface area contributed by atoms with Gasteiger partial charge in [0, 0.05) is 12.2 Å². The second-order valence-corrected chi connectivity index (χ2v) is 10.9. The second kappa shape index (κ2) is 9.29. The van der Waals surface area contributed by atoms with Crippen LogP contribution in [0.4, 0.5) is 24.8 Å². The molecule has 204 valence electrons. The number of alkyl halides is 1. The summed E-state index contributed by atoms with van der Waals surface area (Å²) in [4.78, 5) is 8.68. The normalized spacial score (nSPS) is 26.4. The first-order valence-electron chi connectivity index (χ1n) is 12.9. The summed E-state index contributed by atoms with van der Waals surface area (Å²) in [5, 5.41) is 18.5. The van der Waals surface area contributed by atoms with Crippen molar-refractivity contribution in [3.05, 3.63) is 71.7 Å². The van der Waals surface area contributed by atoms with Gasteiger partial charge in [0.05, 0.1) is 53.7 Å². The van der Waals surface area contributed by atoms with Crippen molar-refractivity contribution in [2.75, 3.05) is 18.5 Å². The molecule has 1 saturated carbocycles. The summed E-state index contributed by atoms with van der Waals surface area (Å²) in [6, 6.07) is 6.66. The van der Waals surface area contributed by atoms with Crippen LogP contribution in [0.3, 0.4) is 0 Å². The molecule has 4 unspecified atom stereocenters. The van der Waals surface area contributed by atoms with Crippen LogP contribution >= 0.6 is 0 Å². The largest absolute Gasteiger partial charge is 0.388 e. The summed E-state index contributed by atoms with van der Waals surface area (Å²) >= 11 is 0. The fourth-order valence-electron chi connectivity index (χ4n) is 5.54. The lowest BCUT2D eigenvalue weighted by Gasteiger charge is -2.44. The molecule has 39 heavy (non-hydrogen) atoms. The highest BCUT2D eigenvalue weighted by Gasteiger charge is 2.43. The van der Waals surface area contributed by atoms with Crippen molar-refractivity contribution in [1.29, 1.82) is 0 Å². The third-order valence-electron chi connectivity index (χ3n) is 8.33. The molecular weight excluding hydrogens is 509 g/mol. The maximum Gasteiger partial charge on any atom is 0.229 e. The third kappa shape index (κ3) is 4.34. The predicted molar refractivity (Wildman–Crippen MR) is 139 cm³/mol. The van der Waals surface area contributed by atoms with Crippen LogP contribution in [-0.2, 0) is 10.4 Å². The number of nitrogens with one attached hydrogen (secondary N) is 1. The first-order valence-corrected chi connectivity index (χ1v) is 12.9. The van der Waals surface area contributed by atoms with Gasteiger partial charge in [-0.15, -0.1) is 0 Å². The molecule has 4 N–H and O–H groups in total. The van der Waals surface area contributed by atoms with Crippen molar-refractivity contribution in [2.24, 2.45) is 11.7 Å². The molecule has 4 heterocycles. The lowest BCUT2D eigenvalue weighted by molar-refractivity contribution is -0.135. The minimum atomic E-state index is -1.89. The van der Waals surface area contributed by atoms with Gasteiger partial charge in [0.25, 0.3) is 0 Å². The minimum Gasteiger partial charge on any atom is -0.388 e. The van der Waals surface area contributed by atoms with E-state index in [0.717, 1.165) is 24.1 Å². The van der Waals surface area contributed by atoms with Crippen molar-refractivity contribution in [3.8, 4) is 11.3 Å². The number of imidazole rings is 1. The molecule has 0 radical (unpaired) electrons. The molecule has 2 fully saturated rings. The van der Waals surface area contributed by atoms with E-state index in [1.807, 2.05) is 13.0 Å². The van der Waals surface area contributed by atoms with Gasteiger partial charge in [-0.3, -0.25) is 4.98 Å². The zero-order chi connectivity index (χ0) is 27.5. The highest BCUT2D eigenvalue weighted by Crippen LogP contribution is 2.43. The van der Waals surface area contributed by atoms with Gasteiger partial charge in [-0.1, -0.05) is 6.92 Å². The number of pyridine rings is 1. The van der Waals surface area contributed by atoms with Crippen molar-refractivity contribution < 1.29 is 23.0 Å². The lowest BCUT2D eigenvalue weighted by atomic mass is 9.68. The number of anilines is 2. The summed E-state index contributed by atoms with van der Waals surface area (Å²) in [7, 11) is 0.